The van der Waals surface area contributed by atoms with Crippen LogP contribution in [0.4, 0.5) is 0 Å². The third-order valence-electron chi connectivity index (χ3n) is 4.42. The largest absolute Gasteiger partial charge is 0.395 e. The number of rotatable bonds is 3. The van der Waals surface area contributed by atoms with E-state index in [1.165, 1.54) is 0 Å². The lowest BCUT2D eigenvalue weighted by Gasteiger charge is -2.50. The Morgan fingerprint density at radius 2 is 1.83 bits per heavy atom. The van der Waals surface area contributed by atoms with Gasteiger partial charge in [0.1, 0.15) is 0 Å². The number of hydrogen-bond donors (Lipinski definition) is 2. The number of aliphatic hydroxyl groups excluding tert-OH is 1. The van der Waals surface area contributed by atoms with Crippen LogP contribution in [0.3, 0.4) is 0 Å². The molecular formula is C14H31N3O. The number of piperazine rings is 1. The van der Waals surface area contributed by atoms with Gasteiger partial charge < -0.3 is 10.8 Å². The molecule has 108 valence electrons. The standard InChI is InChI=1S/C14H31N3O/c1-13(2,3)12(15)11(9-18)17-8-7-16(6)14(4,5)10-17/h11-12,18H,7-10,15H2,1-6H3. The van der Waals surface area contributed by atoms with Gasteiger partial charge in [0, 0.05) is 37.3 Å². The highest BCUT2D eigenvalue weighted by Gasteiger charge is 2.38. The van der Waals surface area contributed by atoms with Crippen molar-refractivity contribution < 1.29 is 5.11 Å². The van der Waals surface area contributed by atoms with Gasteiger partial charge in [-0.25, -0.2) is 0 Å². The van der Waals surface area contributed by atoms with Crippen molar-refractivity contribution in [3.8, 4) is 0 Å². The first kappa shape index (κ1) is 15.9. The molecule has 1 aliphatic rings. The van der Waals surface area contributed by atoms with Crippen LogP contribution in [0, 0.1) is 5.41 Å². The lowest BCUT2D eigenvalue weighted by molar-refractivity contribution is -0.0161. The van der Waals surface area contributed by atoms with E-state index in [-0.39, 0.29) is 29.6 Å². The second kappa shape index (κ2) is 5.45. The molecule has 0 aromatic heterocycles. The van der Waals surface area contributed by atoms with Crippen LogP contribution in [0.2, 0.25) is 0 Å². The summed E-state index contributed by atoms with van der Waals surface area (Å²) in [5.74, 6) is 0. The van der Waals surface area contributed by atoms with Gasteiger partial charge in [-0.2, -0.15) is 0 Å². The van der Waals surface area contributed by atoms with Crippen molar-refractivity contribution in [3.63, 3.8) is 0 Å². The molecule has 0 saturated carbocycles. The van der Waals surface area contributed by atoms with Gasteiger partial charge in [0.25, 0.3) is 0 Å². The van der Waals surface area contributed by atoms with Crippen LogP contribution in [-0.4, -0.2) is 65.8 Å². The average Bonchev–Trinajstić information content (AvgIpc) is 2.22. The first-order valence-corrected chi connectivity index (χ1v) is 6.91. The summed E-state index contributed by atoms with van der Waals surface area (Å²) in [6, 6.07) is 0.0414. The molecule has 0 aromatic rings. The third kappa shape index (κ3) is 3.44. The van der Waals surface area contributed by atoms with Crippen LogP contribution in [0.25, 0.3) is 0 Å². The second-order valence-corrected chi connectivity index (χ2v) is 7.35. The highest BCUT2D eigenvalue weighted by atomic mass is 16.3. The molecule has 18 heavy (non-hydrogen) atoms. The fraction of sp³-hybridized carbons (Fsp3) is 1.00. The van der Waals surface area contributed by atoms with E-state index in [4.69, 9.17) is 5.73 Å². The molecule has 0 aromatic carbocycles. The van der Waals surface area contributed by atoms with Crippen LogP contribution < -0.4 is 5.73 Å². The van der Waals surface area contributed by atoms with Gasteiger partial charge >= 0.3 is 0 Å². The summed E-state index contributed by atoms with van der Waals surface area (Å²) in [5, 5.41) is 9.71. The van der Waals surface area contributed by atoms with Crippen molar-refractivity contribution in [3.05, 3.63) is 0 Å². The summed E-state index contributed by atoms with van der Waals surface area (Å²) in [4.78, 5) is 4.73. The molecule has 0 radical (unpaired) electrons. The van der Waals surface area contributed by atoms with E-state index in [2.05, 4.69) is 51.5 Å². The Morgan fingerprint density at radius 3 is 2.22 bits per heavy atom. The Labute approximate surface area is 112 Å². The van der Waals surface area contributed by atoms with Crippen molar-refractivity contribution >= 4 is 0 Å². The van der Waals surface area contributed by atoms with Gasteiger partial charge in [0.15, 0.2) is 0 Å². The molecule has 3 N–H and O–H groups in total. The maximum absolute atomic E-state index is 9.71. The predicted octanol–water partition coefficient (Wildman–Crippen LogP) is 0.747. The summed E-state index contributed by atoms with van der Waals surface area (Å²) >= 11 is 0. The third-order valence-corrected chi connectivity index (χ3v) is 4.42. The maximum Gasteiger partial charge on any atom is 0.0602 e. The Bertz CT molecular complexity index is 273. The molecule has 1 aliphatic heterocycles. The van der Waals surface area contributed by atoms with Crippen molar-refractivity contribution in [2.45, 2.75) is 52.2 Å². The van der Waals surface area contributed by atoms with Gasteiger partial charge in [-0.1, -0.05) is 20.8 Å². The summed E-state index contributed by atoms with van der Waals surface area (Å²) in [5.41, 5.74) is 6.50. The Balaban J connectivity index is 2.78. The number of hydrogen-bond acceptors (Lipinski definition) is 4. The van der Waals surface area contributed by atoms with Crippen molar-refractivity contribution in [1.29, 1.82) is 0 Å². The monoisotopic (exact) mass is 257 g/mol. The molecular weight excluding hydrogens is 226 g/mol. The van der Waals surface area contributed by atoms with Crippen molar-refractivity contribution in [2.75, 3.05) is 33.3 Å². The summed E-state index contributed by atoms with van der Waals surface area (Å²) in [7, 11) is 2.16. The van der Waals surface area contributed by atoms with Crippen molar-refractivity contribution in [1.82, 2.24) is 9.80 Å². The van der Waals surface area contributed by atoms with Gasteiger partial charge in [0.05, 0.1) is 6.61 Å². The Morgan fingerprint density at radius 1 is 1.28 bits per heavy atom. The first-order chi connectivity index (χ1) is 8.09. The zero-order valence-electron chi connectivity index (χ0n) is 12.9. The SMILES string of the molecule is CN1CCN(C(CO)C(N)C(C)(C)C)CC1(C)C. The number of likely N-dealkylation sites (N-methyl/N-ethyl adjacent to an activating group) is 1. The van der Waals surface area contributed by atoms with Crippen molar-refractivity contribution in [2.24, 2.45) is 11.1 Å². The quantitative estimate of drug-likeness (QED) is 0.783. The Kier molecular flexibility index (Phi) is 4.81. The highest BCUT2D eigenvalue weighted by Crippen LogP contribution is 2.26. The molecule has 1 heterocycles. The van der Waals surface area contributed by atoms with E-state index in [1.807, 2.05) is 0 Å². The van der Waals surface area contributed by atoms with Crippen LogP contribution in [0.1, 0.15) is 34.6 Å². The fourth-order valence-corrected chi connectivity index (χ4v) is 2.59. The zero-order valence-corrected chi connectivity index (χ0v) is 12.9. The Hall–Kier alpha value is -0.160. The van der Waals surface area contributed by atoms with Crippen LogP contribution in [0.5, 0.6) is 0 Å². The van der Waals surface area contributed by atoms with E-state index in [0.29, 0.717) is 0 Å². The normalized spacial score (nSPS) is 26.0. The molecule has 0 bridgehead atoms. The smallest absolute Gasteiger partial charge is 0.0602 e. The topological polar surface area (TPSA) is 52.7 Å². The molecule has 4 heteroatoms. The average molecular weight is 257 g/mol. The van der Waals surface area contributed by atoms with E-state index in [9.17, 15) is 5.11 Å². The zero-order chi connectivity index (χ0) is 14.1. The molecule has 1 fully saturated rings. The minimum Gasteiger partial charge on any atom is -0.395 e. The molecule has 4 nitrogen and oxygen atoms in total. The number of nitrogens with two attached hydrogens (primary N) is 1. The second-order valence-electron chi connectivity index (χ2n) is 7.35. The maximum atomic E-state index is 9.71. The van der Waals surface area contributed by atoms with E-state index in [0.717, 1.165) is 19.6 Å². The lowest BCUT2D eigenvalue weighted by Crippen LogP contribution is -2.64. The summed E-state index contributed by atoms with van der Waals surface area (Å²) in [6.07, 6.45) is 0. The van der Waals surface area contributed by atoms with Crippen LogP contribution in [-0.2, 0) is 0 Å². The van der Waals surface area contributed by atoms with E-state index in [1.54, 1.807) is 0 Å². The van der Waals surface area contributed by atoms with Gasteiger partial charge in [-0.05, 0) is 26.3 Å². The molecule has 0 amide bonds. The van der Waals surface area contributed by atoms with Gasteiger partial charge in [-0.3, -0.25) is 9.80 Å². The minimum atomic E-state index is -0.0123. The summed E-state index contributed by atoms with van der Waals surface area (Å²) in [6.45, 7) is 14.0. The van der Waals surface area contributed by atoms with Crippen LogP contribution in [0.15, 0.2) is 0 Å². The molecule has 2 unspecified atom stereocenters. The number of nitrogens with zero attached hydrogens (tertiary/aromatic N) is 2. The minimum absolute atomic E-state index is 0.0123. The summed E-state index contributed by atoms with van der Waals surface area (Å²) < 4.78 is 0. The van der Waals surface area contributed by atoms with Gasteiger partial charge in [-0.15, -0.1) is 0 Å². The van der Waals surface area contributed by atoms with E-state index >= 15 is 0 Å². The highest BCUT2D eigenvalue weighted by molar-refractivity contribution is 4.96. The van der Waals surface area contributed by atoms with Crippen LogP contribution >= 0.6 is 0 Å². The molecule has 1 rings (SSSR count). The molecule has 1 saturated heterocycles. The first-order valence-electron chi connectivity index (χ1n) is 6.91. The fourth-order valence-electron chi connectivity index (χ4n) is 2.59. The number of aliphatic hydroxyl groups is 1. The predicted molar refractivity (Wildman–Crippen MR) is 76.6 cm³/mol. The van der Waals surface area contributed by atoms with Gasteiger partial charge in [0.2, 0.25) is 0 Å². The lowest BCUT2D eigenvalue weighted by atomic mass is 9.81. The molecule has 0 spiro atoms. The van der Waals surface area contributed by atoms with E-state index < -0.39 is 0 Å². The molecule has 2 atom stereocenters. The molecule has 0 aliphatic carbocycles.